The summed E-state index contributed by atoms with van der Waals surface area (Å²) in [4.78, 5) is 19.5. The van der Waals surface area contributed by atoms with Crippen molar-refractivity contribution in [3.05, 3.63) is 54.1 Å². The molecule has 0 aliphatic carbocycles. The van der Waals surface area contributed by atoms with Gasteiger partial charge in [-0.2, -0.15) is 0 Å². The van der Waals surface area contributed by atoms with E-state index in [-0.39, 0.29) is 12.6 Å². The molecule has 5 heteroatoms. The molecule has 2 aromatic rings. The molecule has 19 heavy (non-hydrogen) atoms. The molecule has 0 aliphatic heterocycles. The molecule has 0 saturated carbocycles. The summed E-state index contributed by atoms with van der Waals surface area (Å²) in [5.74, 6) is 0.231. The van der Waals surface area contributed by atoms with Gasteiger partial charge in [0.1, 0.15) is 0 Å². The van der Waals surface area contributed by atoms with E-state index in [0.29, 0.717) is 24.4 Å². The fourth-order valence-electron chi connectivity index (χ4n) is 1.62. The number of benzene rings is 1. The number of hydrogen-bond acceptors (Lipinski definition) is 5. The molecule has 0 saturated heterocycles. The number of hydrogen-bond donors (Lipinski definition) is 1. The fourth-order valence-corrected chi connectivity index (χ4v) is 1.62. The quantitative estimate of drug-likeness (QED) is 0.652. The molecule has 1 heterocycles. The minimum atomic E-state index is -0.269. The third-order valence-corrected chi connectivity index (χ3v) is 2.55. The van der Waals surface area contributed by atoms with Crippen LogP contribution in [0.25, 0.3) is 0 Å². The summed E-state index contributed by atoms with van der Waals surface area (Å²) in [6.07, 6.45) is 4.15. The minimum Gasteiger partial charge on any atom is -0.457 e. The Hall–Kier alpha value is -2.43. The van der Waals surface area contributed by atoms with E-state index in [4.69, 9.17) is 10.5 Å². The van der Waals surface area contributed by atoms with Crippen LogP contribution in [0, 0.1) is 0 Å². The fraction of sp³-hybridized carbons (Fsp3) is 0.214. The molecule has 1 aromatic carbocycles. The van der Waals surface area contributed by atoms with Gasteiger partial charge in [0.15, 0.2) is 12.4 Å². The predicted octanol–water partition coefficient (Wildman–Crippen LogP) is 1.73. The number of nitrogens with zero attached hydrogens (tertiary/aromatic N) is 2. The van der Waals surface area contributed by atoms with Gasteiger partial charge >= 0.3 is 5.97 Å². The summed E-state index contributed by atoms with van der Waals surface area (Å²) in [5, 5.41) is 0. The molecule has 0 unspecified atom stereocenters. The van der Waals surface area contributed by atoms with Crippen molar-refractivity contribution in [3.8, 4) is 0 Å². The summed E-state index contributed by atoms with van der Waals surface area (Å²) in [7, 11) is 0. The van der Waals surface area contributed by atoms with Gasteiger partial charge in [-0.3, -0.25) is 4.79 Å². The molecule has 0 aliphatic rings. The third kappa shape index (κ3) is 4.39. The second kappa shape index (κ2) is 6.49. The van der Waals surface area contributed by atoms with E-state index in [9.17, 15) is 4.79 Å². The molecule has 0 amide bonds. The molecule has 2 N–H and O–H groups in total. The molecule has 0 atom stereocenters. The first-order valence-corrected chi connectivity index (χ1v) is 6.00. The Bertz CT molecular complexity index is 543. The molecule has 0 fully saturated rings. The lowest BCUT2D eigenvalue weighted by molar-refractivity contribution is -0.145. The van der Waals surface area contributed by atoms with Gasteiger partial charge in [-0.1, -0.05) is 12.1 Å². The number of ether oxygens (including phenoxy) is 1. The van der Waals surface area contributed by atoms with Gasteiger partial charge in [-0.25, -0.2) is 9.97 Å². The monoisotopic (exact) mass is 257 g/mol. The number of carbonyl (C=O) groups is 1. The van der Waals surface area contributed by atoms with Crippen LogP contribution in [-0.2, 0) is 22.6 Å². The minimum absolute atomic E-state index is 0.108. The van der Waals surface area contributed by atoms with Crippen LogP contribution in [0.4, 0.5) is 5.69 Å². The Kier molecular flexibility index (Phi) is 4.44. The third-order valence-electron chi connectivity index (χ3n) is 2.55. The molecular formula is C14H15N3O2. The van der Waals surface area contributed by atoms with E-state index in [1.54, 1.807) is 18.5 Å². The largest absolute Gasteiger partial charge is 0.457 e. The van der Waals surface area contributed by atoms with Crippen molar-refractivity contribution in [3.63, 3.8) is 0 Å². The zero-order valence-electron chi connectivity index (χ0n) is 10.5. The van der Waals surface area contributed by atoms with Gasteiger partial charge in [0.05, 0.1) is 0 Å². The number of aryl methyl sites for hydroxylation is 1. The van der Waals surface area contributed by atoms with Crippen LogP contribution < -0.4 is 5.73 Å². The maximum Gasteiger partial charge on any atom is 0.306 e. The number of rotatable bonds is 5. The highest BCUT2D eigenvalue weighted by Gasteiger charge is 2.05. The Morgan fingerprint density at radius 3 is 2.74 bits per heavy atom. The number of carbonyl (C=O) groups excluding carboxylic acids is 1. The summed E-state index contributed by atoms with van der Waals surface area (Å²) in [5.41, 5.74) is 7.39. The first-order valence-electron chi connectivity index (χ1n) is 6.00. The number of anilines is 1. The van der Waals surface area contributed by atoms with E-state index in [2.05, 4.69) is 9.97 Å². The first kappa shape index (κ1) is 13.0. The standard InChI is InChI=1S/C14H15N3O2/c15-12-4-1-3-11(9-12)5-6-14(18)19-10-13-16-7-2-8-17-13/h1-4,7-9H,5-6,10,15H2. The van der Waals surface area contributed by atoms with Crippen molar-refractivity contribution in [2.75, 3.05) is 5.73 Å². The van der Waals surface area contributed by atoms with Gasteiger partial charge in [-0.05, 0) is 30.2 Å². The molecule has 1 aromatic heterocycles. The summed E-state index contributed by atoms with van der Waals surface area (Å²) < 4.78 is 5.08. The number of aromatic nitrogens is 2. The molecule has 5 nitrogen and oxygen atoms in total. The van der Waals surface area contributed by atoms with E-state index < -0.39 is 0 Å². The van der Waals surface area contributed by atoms with Gasteiger partial charge in [0.25, 0.3) is 0 Å². The second-order valence-corrected chi connectivity index (χ2v) is 4.07. The van der Waals surface area contributed by atoms with Crippen molar-refractivity contribution in [1.29, 1.82) is 0 Å². The summed E-state index contributed by atoms with van der Waals surface area (Å²) >= 11 is 0. The summed E-state index contributed by atoms with van der Waals surface area (Å²) in [6.45, 7) is 0.108. The maximum atomic E-state index is 11.6. The Morgan fingerprint density at radius 2 is 2.00 bits per heavy atom. The van der Waals surface area contributed by atoms with Gasteiger partial charge in [-0.15, -0.1) is 0 Å². The first-order chi connectivity index (χ1) is 9.24. The smallest absolute Gasteiger partial charge is 0.306 e. The van der Waals surface area contributed by atoms with Crippen molar-refractivity contribution in [2.24, 2.45) is 0 Å². The number of nitrogens with two attached hydrogens (primary N) is 1. The molecule has 2 rings (SSSR count). The molecule has 0 bridgehead atoms. The zero-order chi connectivity index (χ0) is 13.5. The lowest BCUT2D eigenvalue weighted by Crippen LogP contribution is -2.07. The van der Waals surface area contributed by atoms with Gasteiger partial charge < -0.3 is 10.5 Å². The van der Waals surface area contributed by atoms with Gasteiger partial charge in [0, 0.05) is 24.5 Å². The molecule has 98 valence electrons. The van der Waals surface area contributed by atoms with Crippen LogP contribution in [0.1, 0.15) is 17.8 Å². The van der Waals surface area contributed by atoms with Crippen LogP contribution in [0.5, 0.6) is 0 Å². The average Bonchev–Trinajstić information content (AvgIpc) is 2.44. The van der Waals surface area contributed by atoms with E-state index in [1.165, 1.54) is 0 Å². The van der Waals surface area contributed by atoms with Crippen molar-refractivity contribution in [1.82, 2.24) is 9.97 Å². The highest BCUT2D eigenvalue weighted by Crippen LogP contribution is 2.09. The van der Waals surface area contributed by atoms with Crippen molar-refractivity contribution in [2.45, 2.75) is 19.4 Å². The molecule has 0 radical (unpaired) electrons. The molecular weight excluding hydrogens is 242 g/mol. The van der Waals surface area contributed by atoms with Crippen LogP contribution >= 0.6 is 0 Å². The van der Waals surface area contributed by atoms with Crippen LogP contribution in [0.15, 0.2) is 42.7 Å². The van der Waals surface area contributed by atoms with E-state index in [0.717, 1.165) is 5.56 Å². The van der Waals surface area contributed by atoms with Crippen LogP contribution in [-0.4, -0.2) is 15.9 Å². The normalized spacial score (nSPS) is 10.1. The highest BCUT2D eigenvalue weighted by molar-refractivity contribution is 5.69. The second-order valence-electron chi connectivity index (χ2n) is 4.07. The van der Waals surface area contributed by atoms with Gasteiger partial charge in [0.2, 0.25) is 0 Å². The lowest BCUT2D eigenvalue weighted by atomic mass is 10.1. The van der Waals surface area contributed by atoms with Crippen molar-refractivity contribution >= 4 is 11.7 Å². The zero-order valence-corrected chi connectivity index (χ0v) is 10.5. The maximum absolute atomic E-state index is 11.6. The summed E-state index contributed by atoms with van der Waals surface area (Å²) in [6, 6.07) is 9.19. The predicted molar refractivity (Wildman–Crippen MR) is 71.0 cm³/mol. The van der Waals surface area contributed by atoms with E-state index >= 15 is 0 Å². The molecule has 0 spiro atoms. The van der Waals surface area contributed by atoms with E-state index in [1.807, 2.05) is 24.3 Å². The average molecular weight is 257 g/mol. The Labute approximate surface area is 111 Å². The Balaban J connectivity index is 1.76. The number of nitrogen functional groups attached to an aromatic ring is 1. The van der Waals surface area contributed by atoms with Crippen molar-refractivity contribution < 1.29 is 9.53 Å². The van der Waals surface area contributed by atoms with Crippen LogP contribution in [0.3, 0.4) is 0 Å². The highest BCUT2D eigenvalue weighted by atomic mass is 16.5. The SMILES string of the molecule is Nc1cccc(CCC(=O)OCc2ncccn2)c1. The topological polar surface area (TPSA) is 78.1 Å². The lowest BCUT2D eigenvalue weighted by Gasteiger charge is -2.04. The Morgan fingerprint density at radius 1 is 1.21 bits per heavy atom. The number of esters is 1. The van der Waals surface area contributed by atoms with Crippen LogP contribution in [0.2, 0.25) is 0 Å².